The van der Waals surface area contributed by atoms with Crippen molar-refractivity contribution in [2.75, 3.05) is 6.61 Å². The molecule has 0 spiro atoms. The molecule has 5 N–H and O–H groups in total. The van der Waals surface area contributed by atoms with Gasteiger partial charge in [0.2, 0.25) is 0 Å². The summed E-state index contributed by atoms with van der Waals surface area (Å²) in [6, 6.07) is -2.11. The number of carbonyl (C=O) groups is 2. The third-order valence-electron chi connectivity index (χ3n) is 2.30. The van der Waals surface area contributed by atoms with E-state index in [4.69, 9.17) is 10.2 Å². The molecule has 0 saturated heterocycles. The van der Waals surface area contributed by atoms with Gasteiger partial charge in [-0.1, -0.05) is 0 Å². The molecule has 1 aromatic rings. The van der Waals surface area contributed by atoms with Crippen LogP contribution in [0.2, 0.25) is 0 Å². The lowest BCUT2D eigenvalue weighted by molar-refractivity contribution is -0.139. The second kappa shape index (κ2) is 6.60. The topological polar surface area (TPSA) is 127 Å². The number of aliphatic hydroxyl groups excluding tert-OH is 1. The van der Waals surface area contributed by atoms with E-state index in [2.05, 4.69) is 20.6 Å². The lowest BCUT2D eigenvalue weighted by Crippen LogP contribution is -2.47. The summed E-state index contributed by atoms with van der Waals surface area (Å²) in [6.07, 6.45) is 3.13. The van der Waals surface area contributed by atoms with Gasteiger partial charge in [-0.3, -0.25) is 0 Å². The van der Waals surface area contributed by atoms with E-state index in [0.29, 0.717) is 5.82 Å². The zero-order chi connectivity index (χ0) is 13.5. The number of carboxylic acid groups (broad SMARTS) is 1. The minimum Gasteiger partial charge on any atom is -0.480 e. The molecule has 100 valence electrons. The average Bonchev–Trinajstić information content (AvgIpc) is 2.81. The van der Waals surface area contributed by atoms with E-state index in [1.54, 1.807) is 19.3 Å². The molecule has 0 bridgehead atoms. The molecular weight excluding hydrogens is 240 g/mol. The van der Waals surface area contributed by atoms with Crippen LogP contribution in [0.25, 0.3) is 0 Å². The van der Waals surface area contributed by atoms with E-state index >= 15 is 0 Å². The molecule has 1 rings (SSSR count). The van der Waals surface area contributed by atoms with Gasteiger partial charge in [0.1, 0.15) is 11.9 Å². The first-order chi connectivity index (χ1) is 8.54. The van der Waals surface area contributed by atoms with E-state index in [-0.39, 0.29) is 19.1 Å². The first kappa shape index (κ1) is 14.0. The number of aliphatic carboxylic acids is 1. The van der Waals surface area contributed by atoms with Crippen LogP contribution in [0.5, 0.6) is 0 Å². The van der Waals surface area contributed by atoms with Gasteiger partial charge in [-0.2, -0.15) is 0 Å². The molecule has 0 saturated carbocycles. The van der Waals surface area contributed by atoms with Crippen molar-refractivity contribution in [3.05, 3.63) is 18.2 Å². The molecule has 0 radical (unpaired) electrons. The molecule has 8 nitrogen and oxygen atoms in total. The summed E-state index contributed by atoms with van der Waals surface area (Å²) in [5, 5.41) is 22.3. The van der Waals surface area contributed by atoms with Gasteiger partial charge in [0.15, 0.2) is 0 Å². The van der Waals surface area contributed by atoms with Gasteiger partial charge >= 0.3 is 12.0 Å². The summed E-state index contributed by atoms with van der Waals surface area (Å²) in [5.74, 6) is -0.621. The minimum atomic E-state index is -1.19. The smallest absolute Gasteiger partial charge is 0.326 e. The molecule has 2 atom stereocenters. The van der Waals surface area contributed by atoms with Crippen molar-refractivity contribution in [1.82, 2.24) is 20.6 Å². The van der Waals surface area contributed by atoms with Crippen molar-refractivity contribution < 1.29 is 19.8 Å². The highest BCUT2D eigenvalue weighted by Crippen LogP contribution is 2.04. The van der Waals surface area contributed by atoms with E-state index in [9.17, 15) is 9.59 Å². The van der Waals surface area contributed by atoms with Crippen molar-refractivity contribution in [1.29, 1.82) is 0 Å². The highest BCUT2D eigenvalue weighted by molar-refractivity contribution is 5.82. The summed E-state index contributed by atoms with van der Waals surface area (Å²) in [5.41, 5.74) is 0. The molecule has 2 unspecified atom stereocenters. The monoisotopic (exact) mass is 256 g/mol. The van der Waals surface area contributed by atoms with Crippen molar-refractivity contribution in [3.8, 4) is 0 Å². The normalized spacial score (nSPS) is 13.7. The van der Waals surface area contributed by atoms with Gasteiger partial charge < -0.3 is 25.8 Å². The van der Waals surface area contributed by atoms with Gasteiger partial charge in [-0.25, -0.2) is 14.6 Å². The quantitative estimate of drug-likeness (QED) is 0.473. The number of imidazole rings is 1. The van der Waals surface area contributed by atoms with Crippen molar-refractivity contribution in [3.63, 3.8) is 0 Å². The lowest BCUT2D eigenvalue weighted by atomic mass is 10.2. The van der Waals surface area contributed by atoms with Crippen LogP contribution < -0.4 is 10.6 Å². The summed E-state index contributed by atoms with van der Waals surface area (Å²) < 4.78 is 0. The zero-order valence-corrected chi connectivity index (χ0v) is 9.88. The molecule has 2 amide bonds. The zero-order valence-electron chi connectivity index (χ0n) is 9.88. The van der Waals surface area contributed by atoms with Gasteiger partial charge in [0.25, 0.3) is 0 Å². The molecule has 0 aliphatic rings. The maximum atomic E-state index is 11.5. The number of nitrogens with zero attached hydrogens (tertiary/aromatic N) is 1. The molecule has 0 aliphatic heterocycles. The number of amides is 2. The van der Waals surface area contributed by atoms with E-state index in [1.807, 2.05) is 0 Å². The van der Waals surface area contributed by atoms with Gasteiger partial charge in [-0.05, 0) is 6.92 Å². The van der Waals surface area contributed by atoms with E-state index in [0.717, 1.165) is 0 Å². The van der Waals surface area contributed by atoms with Crippen LogP contribution in [0.3, 0.4) is 0 Å². The van der Waals surface area contributed by atoms with Crippen LogP contribution in [-0.2, 0) is 4.79 Å². The second-order valence-corrected chi connectivity index (χ2v) is 3.72. The van der Waals surface area contributed by atoms with Crippen molar-refractivity contribution >= 4 is 12.0 Å². The number of urea groups is 1. The Morgan fingerprint density at radius 2 is 2.22 bits per heavy atom. The first-order valence-corrected chi connectivity index (χ1v) is 5.44. The van der Waals surface area contributed by atoms with E-state index in [1.165, 1.54) is 0 Å². The summed E-state index contributed by atoms with van der Waals surface area (Å²) in [6.45, 7) is 1.39. The minimum absolute atomic E-state index is 0.0438. The standard InChI is InChI=1S/C10H16N4O4/c1-6(8-11-3-4-12-8)13-10(18)14-7(2-5-15)9(16)17/h3-4,6-7,15H,2,5H2,1H3,(H,11,12)(H,16,17)(H2,13,14,18). The molecule has 18 heavy (non-hydrogen) atoms. The third-order valence-corrected chi connectivity index (χ3v) is 2.30. The van der Waals surface area contributed by atoms with Crippen LogP contribution in [0.4, 0.5) is 4.79 Å². The summed E-state index contributed by atoms with van der Waals surface area (Å²) >= 11 is 0. The maximum absolute atomic E-state index is 11.5. The number of carbonyl (C=O) groups excluding carboxylic acids is 1. The van der Waals surface area contributed by atoms with E-state index < -0.39 is 18.0 Å². The van der Waals surface area contributed by atoms with Gasteiger partial charge in [0, 0.05) is 25.4 Å². The number of carboxylic acids is 1. The predicted octanol–water partition coefficient (Wildman–Crippen LogP) is -0.394. The molecule has 0 aromatic carbocycles. The fourth-order valence-corrected chi connectivity index (χ4v) is 1.37. The molecule has 1 heterocycles. The van der Waals surface area contributed by atoms with Crippen molar-refractivity contribution in [2.45, 2.75) is 25.4 Å². The Hall–Kier alpha value is -2.09. The van der Waals surface area contributed by atoms with Crippen LogP contribution in [0.15, 0.2) is 12.4 Å². The van der Waals surface area contributed by atoms with Crippen LogP contribution >= 0.6 is 0 Å². The van der Waals surface area contributed by atoms with Crippen LogP contribution in [0, 0.1) is 0 Å². The average molecular weight is 256 g/mol. The Labute approximate surface area is 103 Å². The maximum Gasteiger partial charge on any atom is 0.326 e. The fraction of sp³-hybridized carbons (Fsp3) is 0.500. The first-order valence-electron chi connectivity index (χ1n) is 5.44. The SMILES string of the molecule is CC(NC(=O)NC(CCO)C(=O)O)c1ncc[nH]1. The second-order valence-electron chi connectivity index (χ2n) is 3.72. The number of aromatic amines is 1. The highest BCUT2D eigenvalue weighted by atomic mass is 16.4. The summed E-state index contributed by atoms with van der Waals surface area (Å²) in [4.78, 5) is 29.1. The highest BCUT2D eigenvalue weighted by Gasteiger charge is 2.20. The fourth-order valence-electron chi connectivity index (χ4n) is 1.37. The van der Waals surface area contributed by atoms with Crippen LogP contribution in [-0.4, -0.2) is 44.8 Å². The molecule has 0 fully saturated rings. The number of aromatic nitrogens is 2. The Balaban J connectivity index is 2.47. The number of rotatable bonds is 6. The molecule has 0 aliphatic carbocycles. The number of H-pyrrole nitrogens is 1. The number of aliphatic hydroxyl groups is 1. The number of nitrogens with one attached hydrogen (secondary N) is 3. The Morgan fingerprint density at radius 1 is 1.50 bits per heavy atom. The number of hydrogen-bond acceptors (Lipinski definition) is 4. The van der Waals surface area contributed by atoms with Crippen LogP contribution in [0.1, 0.15) is 25.2 Å². The Bertz CT molecular complexity index is 393. The summed E-state index contributed by atoms with van der Waals surface area (Å²) in [7, 11) is 0. The molecule has 1 aromatic heterocycles. The van der Waals surface area contributed by atoms with Crippen molar-refractivity contribution in [2.24, 2.45) is 0 Å². The Morgan fingerprint density at radius 3 is 2.72 bits per heavy atom. The third kappa shape index (κ3) is 4.06. The lowest BCUT2D eigenvalue weighted by Gasteiger charge is -2.16. The van der Waals surface area contributed by atoms with Gasteiger partial charge in [0.05, 0.1) is 6.04 Å². The Kier molecular flexibility index (Phi) is 5.12. The molecular formula is C10H16N4O4. The molecule has 8 heteroatoms. The number of hydrogen-bond donors (Lipinski definition) is 5. The largest absolute Gasteiger partial charge is 0.480 e. The predicted molar refractivity (Wildman–Crippen MR) is 61.8 cm³/mol. The van der Waals surface area contributed by atoms with Gasteiger partial charge in [-0.15, -0.1) is 0 Å².